The van der Waals surface area contributed by atoms with Crippen LogP contribution in [0.15, 0.2) is 53.7 Å². The molecule has 0 saturated heterocycles. The smallest absolute Gasteiger partial charge is 0.324 e. The minimum atomic E-state index is -4.39. The van der Waals surface area contributed by atoms with E-state index in [1.54, 1.807) is 30.5 Å². The molecule has 0 aliphatic heterocycles. The second kappa shape index (κ2) is 7.51. The Labute approximate surface area is 156 Å². The monoisotopic (exact) mass is 396 g/mol. The van der Waals surface area contributed by atoms with Gasteiger partial charge in [-0.15, -0.1) is 0 Å². The van der Waals surface area contributed by atoms with Crippen molar-refractivity contribution in [3.05, 3.63) is 59.1 Å². The number of hydrogen-bond donors (Lipinski definition) is 1. The zero-order valence-corrected chi connectivity index (χ0v) is 15.0. The van der Waals surface area contributed by atoms with Crippen LogP contribution in [0.3, 0.4) is 0 Å². The highest BCUT2D eigenvalue weighted by Gasteiger charge is 2.30. The maximum Gasteiger partial charge on any atom is 0.416 e. The zero-order chi connectivity index (χ0) is 18.7. The van der Waals surface area contributed by atoms with E-state index in [1.165, 1.54) is 23.9 Å². The van der Waals surface area contributed by atoms with Gasteiger partial charge in [-0.2, -0.15) is 23.1 Å². The van der Waals surface area contributed by atoms with Crippen molar-refractivity contribution < 1.29 is 13.2 Å². The van der Waals surface area contributed by atoms with E-state index in [4.69, 9.17) is 11.6 Å². The van der Waals surface area contributed by atoms with E-state index in [0.29, 0.717) is 21.7 Å². The van der Waals surface area contributed by atoms with Crippen LogP contribution < -0.4 is 5.32 Å². The van der Waals surface area contributed by atoms with E-state index in [1.807, 2.05) is 0 Å². The number of rotatable bonds is 4. The standard InChI is InChI=1S/C17H12ClF3N4S/c1-26-16-24-14(10-2-4-11(5-3-10)17(19,20)21)23-15(25-16)22-13-8-6-12(18)7-9-13/h2-9H,1H3,(H,22,23,24,25). The van der Waals surface area contributed by atoms with Gasteiger partial charge in [-0.3, -0.25) is 0 Å². The van der Waals surface area contributed by atoms with Gasteiger partial charge < -0.3 is 5.32 Å². The minimum absolute atomic E-state index is 0.287. The number of thioether (sulfide) groups is 1. The van der Waals surface area contributed by atoms with Crippen LogP contribution in [-0.4, -0.2) is 21.2 Å². The van der Waals surface area contributed by atoms with Gasteiger partial charge in [-0.25, -0.2) is 4.98 Å². The van der Waals surface area contributed by atoms with E-state index in [2.05, 4.69) is 20.3 Å². The normalized spacial score (nSPS) is 11.4. The van der Waals surface area contributed by atoms with Crippen molar-refractivity contribution in [2.24, 2.45) is 0 Å². The summed E-state index contributed by atoms with van der Waals surface area (Å²) in [5.74, 6) is 0.580. The highest BCUT2D eigenvalue weighted by Crippen LogP contribution is 2.31. The number of hydrogen-bond acceptors (Lipinski definition) is 5. The summed E-state index contributed by atoms with van der Waals surface area (Å²) < 4.78 is 38.1. The van der Waals surface area contributed by atoms with Gasteiger partial charge in [0.15, 0.2) is 11.0 Å². The van der Waals surface area contributed by atoms with Gasteiger partial charge in [-0.05, 0) is 42.7 Å². The van der Waals surface area contributed by atoms with Crippen LogP contribution >= 0.6 is 23.4 Å². The number of benzene rings is 2. The Kier molecular flexibility index (Phi) is 5.33. The summed E-state index contributed by atoms with van der Waals surface area (Å²) in [5, 5.41) is 4.09. The van der Waals surface area contributed by atoms with Crippen LogP contribution in [0.5, 0.6) is 0 Å². The molecule has 0 aliphatic rings. The van der Waals surface area contributed by atoms with Gasteiger partial charge in [0.1, 0.15) is 0 Å². The maximum atomic E-state index is 12.7. The second-order valence-corrected chi connectivity index (χ2v) is 6.39. The summed E-state index contributed by atoms with van der Waals surface area (Å²) in [6.07, 6.45) is -2.58. The molecule has 0 spiro atoms. The molecular weight excluding hydrogens is 385 g/mol. The lowest BCUT2D eigenvalue weighted by Gasteiger charge is -2.10. The molecule has 2 aromatic carbocycles. The van der Waals surface area contributed by atoms with Crippen molar-refractivity contribution in [1.82, 2.24) is 15.0 Å². The van der Waals surface area contributed by atoms with Crippen molar-refractivity contribution in [1.29, 1.82) is 0 Å². The summed E-state index contributed by atoms with van der Waals surface area (Å²) >= 11 is 7.17. The third-order valence-corrected chi connectivity index (χ3v) is 4.17. The van der Waals surface area contributed by atoms with Crippen molar-refractivity contribution in [2.75, 3.05) is 11.6 Å². The highest BCUT2D eigenvalue weighted by molar-refractivity contribution is 7.98. The molecule has 0 aliphatic carbocycles. The van der Waals surface area contributed by atoms with E-state index in [9.17, 15) is 13.2 Å². The first-order valence-electron chi connectivity index (χ1n) is 7.35. The van der Waals surface area contributed by atoms with E-state index >= 15 is 0 Å². The van der Waals surface area contributed by atoms with Crippen molar-refractivity contribution in [2.45, 2.75) is 11.3 Å². The molecule has 0 radical (unpaired) electrons. The van der Waals surface area contributed by atoms with E-state index in [0.717, 1.165) is 17.8 Å². The molecule has 3 rings (SSSR count). The lowest BCUT2D eigenvalue weighted by Crippen LogP contribution is -2.05. The predicted molar refractivity (Wildman–Crippen MR) is 96.8 cm³/mol. The molecule has 0 bridgehead atoms. The molecule has 0 fully saturated rings. The van der Waals surface area contributed by atoms with Gasteiger partial charge in [0.2, 0.25) is 5.95 Å². The van der Waals surface area contributed by atoms with Gasteiger partial charge >= 0.3 is 6.18 Å². The topological polar surface area (TPSA) is 50.7 Å². The molecule has 1 N–H and O–H groups in total. The molecule has 26 heavy (non-hydrogen) atoms. The molecule has 3 aromatic rings. The molecule has 1 heterocycles. The first kappa shape index (κ1) is 18.5. The Hall–Kier alpha value is -2.32. The largest absolute Gasteiger partial charge is 0.416 e. The number of aromatic nitrogens is 3. The SMILES string of the molecule is CSc1nc(Nc2ccc(Cl)cc2)nc(-c2ccc(C(F)(F)F)cc2)n1. The quantitative estimate of drug-likeness (QED) is 0.575. The van der Waals surface area contributed by atoms with Gasteiger partial charge in [0.25, 0.3) is 0 Å². The van der Waals surface area contributed by atoms with E-state index in [-0.39, 0.29) is 5.82 Å². The Balaban J connectivity index is 1.93. The number of halogens is 4. The molecule has 0 atom stereocenters. The van der Waals surface area contributed by atoms with Crippen LogP contribution in [-0.2, 0) is 6.18 Å². The summed E-state index contributed by atoms with van der Waals surface area (Å²) in [5.41, 5.74) is 0.473. The molecule has 9 heteroatoms. The van der Waals surface area contributed by atoms with Crippen LogP contribution in [0.2, 0.25) is 5.02 Å². The Morgan fingerprint density at radius 3 is 2.15 bits per heavy atom. The van der Waals surface area contributed by atoms with Crippen LogP contribution in [0.25, 0.3) is 11.4 Å². The molecule has 134 valence electrons. The van der Waals surface area contributed by atoms with Gasteiger partial charge in [0, 0.05) is 16.3 Å². The molecule has 0 saturated carbocycles. The minimum Gasteiger partial charge on any atom is -0.324 e. The lowest BCUT2D eigenvalue weighted by molar-refractivity contribution is -0.137. The number of nitrogens with one attached hydrogen (secondary N) is 1. The fourth-order valence-corrected chi connectivity index (χ4v) is 2.58. The number of nitrogens with zero attached hydrogens (tertiary/aromatic N) is 3. The Morgan fingerprint density at radius 1 is 0.923 bits per heavy atom. The van der Waals surface area contributed by atoms with Crippen molar-refractivity contribution in [3.8, 4) is 11.4 Å². The lowest BCUT2D eigenvalue weighted by atomic mass is 10.1. The Bertz CT molecular complexity index is 899. The molecular formula is C17H12ClF3N4S. The third kappa shape index (κ3) is 4.44. The summed E-state index contributed by atoms with van der Waals surface area (Å²) in [7, 11) is 0. The average molecular weight is 397 g/mol. The summed E-state index contributed by atoms with van der Waals surface area (Å²) in [6, 6.07) is 11.7. The van der Waals surface area contributed by atoms with Gasteiger partial charge in [-0.1, -0.05) is 35.5 Å². The maximum absolute atomic E-state index is 12.7. The predicted octanol–water partition coefficient (Wildman–Crippen LogP) is 5.68. The second-order valence-electron chi connectivity index (χ2n) is 5.18. The molecule has 1 aromatic heterocycles. The molecule has 0 amide bonds. The first-order valence-corrected chi connectivity index (χ1v) is 8.96. The zero-order valence-electron chi connectivity index (χ0n) is 13.4. The third-order valence-electron chi connectivity index (χ3n) is 3.37. The average Bonchev–Trinajstić information content (AvgIpc) is 2.63. The van der Waals surface area contributed by atoms with Crippen LogP contribution in [0.1, 0.15) is 5.56 Å². The Morgan fingerprint density at radius 2 is 1.58 bits per heavy atom. The molecule has 4 nitrogen and oxygen atoms in total. The van der Waals surface area contributed by atoms with Crippen molar-refractivity contribution in [3.63, 3.8) is 0 Å². The fraction of sp³-hybridized carbons (Fsp3) is 0.118. The first-order chi connectivity index (χ1) is 12.3. The van der Waals surface area contributed by atoms with Crippen molar-refractivity contribution >= 4 is 35.0 Å². The molecule has 0 unspecified atom stereocenters. The van der Waals surface area contributed by atoms with Gasteiger partial charge in [0.05, 0.1) is 5.56 Å². The van der Waals surface area contributed by atoms with Crippen LogP contribution in [0.4, 0.5) is 24.8 Å². The number of anilines is 2. The fourth-order valence-electron chi connectivity index (χ4n) is 2.10. The van der Waals surface area contributed by atoms with E-state index < -0.39 is 11.7 Å². The summed E-state index contributed by atoms with van der Waals surface area (Å²) in [6.45, 7) is 0. The summed E-state index contributed by atoms with van der Waals surface area (Å²) in [4.78, 5) is 12.8. The number of alkyl halides is 3. The highest BCUT2D eigenvalue weighted by atomic mass is 35.5. The van der Waals surface area contributed by atoms with Crippen LogP contribution in [0, 0.1) is 0 Å².